The van der Waals surface area contributed by atoms with Crippen LogP contribution in [0.15, 0.2) is 12.7 Å². The van der Waals surface area contributed by atoms with Gasteiger partial charge in [0.15, 0.2) is 0 Å². The monoisotopic (exact) mass is 275 g/mol. The van der Waals surface area contributed by atoms with Crippen molar-refractivity contribution >= 4 is 15.9 Å². The molecule has 0 fully saturated rings. The Kier molecular flexibility index (Phi) is 5.79. The fourth-order valence-corrected chi connectivity index (χ4v) is 3.05. The molecule has 0 aromatic heterocycles. The Morgan fingerprint density at radius 3 is 2.71 bits per heavy atom. The van der Waals surface area contributed by atoms with Crippen LogP contribution < -0.4 is 21.2 Å². The van der Waals surface area contributed by atoms with E-state index in [2.05, 4.69) is 29.4 Å². The van der Waals surface area contributed by atoms with Gasteiger partial charge in [-0.2, -0.15) is 0 Å². The number of rotatable bonds is 3. The fourth-order valence-electron chi connectivity index (χ4n) is 0.210. The summed E-state index contributed by atoms with van der Waals surface area (Å²) in [4.78, 5) is 0. The van der Waals surface area contributed by atoms with E-state index in [0.29, 0.717) is 24.0 Å². The van der Waals surface area contributed by atoms with E-state index in [4.69, 9.17) is 0 Å². The number of alkyl halides is 3. The summed E-state index contributed by atoms with van der Waals surface area (Å²) in [6, 6.07) is 0. The summed E-state index contributed by atoms with van der Waals surface area (Å²) in [5, 5.41) is 0. The van der Waals surface area contributed by atoms with E-state index in [1.165, 1.54) is 4.43 Å². The predicted octanol–water partition coefficient (Wildman–Crippen LogP) is -0.998. The first-order valence-corrected chi connectivity index (χ1v) is 5.84. The summed E-state index contributed by atoms with van der Waals surface area (Å²) in [7, 11) is 0. The van der Waals surface area contributed by atoms with Gasteiger partial charge in [-0.15, -0.1) is 0 Å². The molecule has 44 valence electrons. The molecule has 0 bridgehead atoms. The standard InChI is InChI=1S/C5H9BrI/c1-3-5(6)7-4-2/h3,5H,1,4H2,2H3/q-1. The number of hydrogen-bond acceptors (Lipinski definition) is 0. The Balaban J connectivity index is 2.98. The van der Waals surface area contributed by atoms with Gasteiger partial charge in [0.2, 0.25) is 0 Å². The molecule has 1 unspecified atom stereocenters. The molecule has 0 aliphatic heterocycles. The first-order chi connectivity index (χ1) is 3.31. The molecule has 0 aromatic rings. The van der Waals surface area contributed by atoms with E-state index in [9.17, 15) is 0 Å². The van der Waals surface area contributed by atoms with E-state index >= 15 is 0 Å². The molecule has 0 spiro atoms. The topological polar surface area (TPSA) is 0 Å². The molecule has 0 amide bonds. The van der Waals surface area contributed by atoms with Gasteiger partial charge in [-0.25, -0.2) is 0 Å². The second-order valence-corrected chi connectivity index (χ2v) is 7.44. The molecule has 0 aliphatic rings. The molecule has 2 heteroatoms. The van der Waals surface area contributed by atoms with Gasteiger partial charge in [0.1, 0.15) is 0 Å². The SMILES string of the molecule is C=CC(Br)[I-]CC. The zero-order valence-electron chi connectivity index (χ0n) is 4.32. The van der Waals surface area contributed by atoms with Crippen LogP contribution in [0.5, 0.6) is 0 Å². The zero-order chi connectivity index (χ0) is 5.70. The Labute approximate surface area is 63.8 Å². The molecular weight excluding hydrogens is 267 g/mol. The van der Waals surface area contributed by atoms with Crippen molar-refractivity contribution in [3.8, 4) is 0 Å². The Morgan fingerprint density at radius 2 is 2.57 bits per heavy atom. The maximum atomic E-state index is 3.66. The van der Waals surface area contributed by atoms with Crippen LogP contribution in [0.4, 0.5) is 0 Å². The molecule has 0 radical (unpaired) electrons. The van der Waals surface area contributed by atoms with Crippen molar-refractivity contribution in [1.82, 2.24) is 0 Å². The van der Waals surface area contributed by atoms with Crippen molar-refractivity contribution < 1.29 is 21.2 Å². The Morgan fingerprint density at radius 1 is 2.00 bits per heavy atom. The zero-order valence-corrected chi connectivity index (χ0v) is 8.07. The van der Waals surface area contributed by atoms with Crippen LogP contribution in [0.25, 0.3) is 0 Å². The van der Waals surface area contributed by atoms with Crippen molar-refractivity contribution in [1.29, 1.82) is 0 Å². The van der Waals surface area contributed by atoms with Crippen molar-refractivity contribution in [2.24, 2.45) is 0 Å². The van der Waals surface area contributed by atoms with Crippen LogP contribution in [0.1, 0.15) is 6.92 Å². The van der Waals surface area contributed by atoms with Gasteiger partial charge in [0.25, 0.3) is 0 Å². The fraction of sp³-hybridized carbons (Fsp3) is 0.600. The number of hydrogen-bond donors (Lipinski definition) is 0. The summed E-state index contributed by atoms with van der Waals surface area (Å²) in [5.74, 6) is 0. The van der Waals surface area contributed by atoms with Crippen LogP contribution in [-0.2, 0) is 0 Å². The van der Waals surface area contributed by atoms with E-state index in [1.807, 2.05) is 6.08 Å². The van der Waals surface area contributed by atoms with Crippen LogP contribution in [0, 0.1) is 0 Å². The summed E-state index contributed by atoms with van der Waals surface area (Å²) in [6.45, 7) is 5.87. The van der Waals surface area contributed by atoms with E-state index in [1.54, 1.807) is 0 Å². The van der Waals surface area contributed by atoms with Crippen LogP contribution >= 0.6 is 15.9 Å². The molecule has 1 atom stereocenters. The average molecular weight is 276 g/mol. The summed E-state index contributed by atoms with van der Waals surface area (Å²) < 4.78 is 1.97. The van der Waals surface area contributed by atoms with Crippen LogP contribution in [0.3, 0.4) is 0 Å². The molecule has 0 rings (SSSR count). The molecule has 0 saturated heterocycles. The normalized spacial score (nSPS) is 14.0. The van der Waals surface area contributed by atoms with Crippen LogP contribution in [0.2, 0.25) is 0 Å². The molecule has 0 heterocycles. The maximum absolute atomic E-state index is 3.66. The third kappa shape index (κ3) is 4.81. The summed E-state index contributed by atoms with van der Waals surface area (Å²) in [6.07, 6.45) is 1.97. The Hall–Kier alpha value is 0.950. The van der Waals surface area contributed by atoms with Gasteiger partial charge in [-0.1, -0.05) is 0 Å². The van der Waals surface area contributed by atoms with Crippen molar-refractivity contribution in [3.05, 3.63) is 12.7 Å². The van der Waals surface area contributed by atoms with Gasteiger partial charge in [-0.3, -0.25) is 0 Å². The van der Waals surface area contributed by atoms with Gasteiger partial charge in [0, 0.05) is 0 Å². The van der Waals surface area contributed by atoms with Crippen LogP contribution in [-0.4, -0.2) is 7.26 Å². The number of halogens is 2. The number of allylic oxidation sites excluding steroid dienone is 1. The molecule has 0 N–H and O–H groups in total. The minimum atomic E-state index is 0.364. The molecule has 7 heavy (non-hydrogen) atoms. The molecule has 0 aliphatic carbocycles. The first-order valence-electron chi connectivity index (χ1n) is 2.15. The molecule has 0 nitrogen and oxygen atoms in total. The quantitative estimate of drug-likeness (QED) is 0.352. The van der Waals surface area contributed by atoms with Crippen molar-refractivity contribution in [2.75, 3.05) is 4.43 Å². The van der Waals surface area contributed by atoms with E-state index < -0.39 is 0 Å². The van der Waals surface area contributed by atoms with Gasteiger partial charge < -0.3 is 0 Å². The predicted molar refractivity (Wildman–Crippen MR) is 33.5 cm³/mol. The van der Waals surface area contributed by atoms with E-state index in [-0.39, 0.29) is 0 Å². The van der Waals surface area contributed by atoms with Crippen molar-refractivity contribution in [3.63, 3.8) is 0 Å². The minimum absolute atomic E-state index is 0.364. The Bertz CT molecular complexity index is 54.0. The van der Waals surface area contributed by atoms with Gasteiger partial charge >= 0.3 is 64.0 Å². The second kappa shape index (κ2) is 5.09. The molecule has 0 aromatic carbocycles. The van der Waals surface area contributed by atoms with Crippen molar-refractivity contribution in [2.45, 2.75) is 9.76 Å². The van der Waals surface area contributed by atoms with Gasteiger partial charge in [0.05, 0.1) is 0 Å². The second-order valence-electron chi connectivity index (χ2n) is 0.992. The molecular formula is C5H9BrI-. The van der Waals surface area contributed by atoms with Gasteiger partial charge in [-0.05, 0) is 0 Å². The third-order valence-electron chi connectivity index (χ3n) is 0.480. The third-order valence-corrected chi connectivity index (χ3v) is 4.73. The first kappa shape index (κ1) is 7.95. The summed E-state index contributed by atoms with van der Waals surface area (Å²) in [5.41, 5.74) is 0. The van der Waals surface area contributed by atoms with E-state index in [0.717, 1.165) is 0 Å². The molecule has 0 saturated carbocycles. The average Bonchev–Trinajstić information content (AvgIpc) is 1.68. The summed E-state index contributed by atoms with van der Waals surface area (Å²) >= 11 is 3.83.